The lowest BCUT2D eigenvalue weighted by Crippen LogP contribution is -2.22. The van der Waals surface area contributed by atoms with Crippen LogP contribution in [-0.4, -0.2) is 25.2 Å². The van der Waals surface area contributed by atoms with Gasteiger partial charge in [-0.15, -0.1) is 0 Å². The molecule has 0 aliphatic heterocycles. The Kier molecular flexibility index (Phi) is 8.12. The van der Waals surface area contributed by atoms with Crippen LogP contribution < -0.4 is 14.7 Å². The molecule has 1 aromatic heterocycles. The van der Waals surface area contributed by atoms with Crippen molar-refractivity contribution in [1.29, 1.82) is 0 Å². The van der Waals surface area contributed by atoms with E-state index >= 15 is 0 Å². The summed E-state index contributed by atoms with van der Waals surface area (Å²) >= 11 is 0. The van der Waals surface area contributed by atoms with Gasteiger partial charge in [0.1, 0.15) is 11.5 Å². The molecular weight excluding hydrogens is 584 g/mol. The molecule has 0 aliphatic carbocycles. The van der Waals surface area contributed by atoms with Gasteiger partial charge < -0.3 is 10.2 Å². The lowest BCUT2D eigenvalue weighted by molar-refractivity contribution is 0.475. The normalized spacial score (nSPS) is 10.7. The van der Waals surface area contributed by atoms with Gasteiger partial charge in [-0.25, -0.2) is 0 Å². The smallest absolute Gasteiger partial charge is 0.241 e. The Labute approximate surface area is 272 Å². The first-order chi connectivity index (χ1) is 23.1. The second-order valence-electron chi connectivity index (χ2n) is 10.6. The Bertz CT molecular complexity index is 1900. The summed E-state index contributed by atoms with van der Waals surface area (Å²) in [6, 6.07) is 53.5. The van der Waals surface area contributed by atoms with Crippen LogP contribution in [0.15, 0.2) is 170 Å². The van der Waals surface area contributed by atoms with Crippen LogP contribution in [0.3, 0.4) is 0 Å². The molecule has 0 aliphatic rings. The first-order valence-corrected chi connectivity index (χ1v) is 15.1. The zero-order chi connectivity index (χ0) is 32.0. The average Bonchev–Trinajstić information content (AvgIpc) is 3.12. The van der Waals surface area contributed by atoms with Gasteiger partial charge in [0.2, 0.25) is 17.8 Å². The Morgan fingerprint density at radius 1 is 0.277 bits per heavy atom. The minimum atomic E-state index is 0.153. The first kappa shape index (κ1) is 29.1. The van der Waals surface area contributed by atoms with E-state index in [4.69, 9.17) is 15.0 Å². The number of para-hydroxylation sites is 4. The van der Waals surface area contributed by atoms with Crippen LogP contribution in [0.5, 0.6) is 11.5 Å². The summed E-state index contributed by atoms with van der Waals surface area (Å²) in [6.45, 7) is 0. The number of aromatic hydroxyl groups is 2. The minimum Gasteiger partial charge on any atom is -0.508 e. The molecule has 6 aromatic carbocycles. The SMILES string of the molecule is Oc1ccc(N(c2ccccc2)c2nc(N(c3ccccc3)c3ccccc3)nc(N(c3ccccc3)c3ccc(O)cc3)n2)cc1. The number of nitrogens with zero attached hydrogens (tertiary/aromatic N) is 6. The molecule has 0 amide bonds. The minimum absolute atomic E-state index is 0.153. The summed E-state index contributed by atoms with van der Waals surface area (Å²) in [5.41, 5.74) is 4.88. The van der Waals surface area contributed by atoms with Crippen LogP contribution in [-0.2, 0) is 0 Å². The van der Waals surface area contributed by atoms with E-state index in [9.17, 15) is 10.2 Å². The van der Waals surface area contributed by atoms with Crippen molar-refractivity contribution in [3.05, 3.63) is 170 Å². The number of hydrogen-bond acceptors (Lipinski definition) is 8. The number of phenolic OH excluding ortho intramolecular Hbond substituents is 2. The van der Waals surface area contributed by atoms with Crippen molar-refractivity contribution >= 4 is 52.0 Å². The molecule has 2 N–H and O–H groups in total. The molecule has 1 heterocycles. The molecule has 0 unspecified atom stereocenters. The predicted octanol–water partition coefficient (Wildman–Crippen LogP) is 9.69. The van der Waals surface area contributed by atoms with Crippen molar-refractivity contribution in [2.75, 3.05) is 14.7 Å². The third-order valence-electron chi connectivity index (χ3n) is 7.47. The second-order valence-corrected chi connectivity index (χ2v) is 10.6. The molecule has 0 radical (unpaired) electrons. The maximum Gasteiger partial charge on any atom is 0.241 e. The Balaban J connectivity index is 1.53. The van der Waals surface area contributed by atoms with Gasteiger partial charge in [-0.1, -0.05) is 72.8 Å². The third kappa shape index (κ3) is 6.29. The first-order valence-electron chi connectivity index (χ1n) is 15.1. The lowest BCUT2D eigenvalue weighted by Gasteiger charge is -2.29. The van der Waals surface area contributed by atoms with Crippen LogP contribution in [0.1, 0.15) is 0 Å². The van der Waals surface area contributed by atoms with E-state index in [-0.39, 0.29) is 11.5 Å². The van der Waals surface area contributed by atoms with Gasteiger partial charge in [0.25, 0.3) is 0 Å². The highest BCUT2D eigenvalue weighted by atomic mass is 16.3. The molecule has 8 nitrogen and oxygen atoms in total. The molecule has 0 fully saturated rings. The maximum absolute atomic E-state index is 10.1. The lowest BCUT2D eigenvalue weighted by atomic mass is 10.2. The molecule has 0 bridgehead atoms. The van der Waals surface area contributed by atoms with Gasteiger partial charge in [0.05, 0.1) is 0 Å². The fourth-order valence-electron chi connectivity index (χ4n) is 5.30. The molecule has 0 atom stereocenters. The van der Waals surface area contributed by atoms with E-state index in [2.05, 4.69) is 0 Å². The van der Waals surface area contributed by atoms with E-state index in [1.165, 1.54) is 0 Å². The Hall–Kier alpha value is -6.67. The van der Waals surface area contributed by atoms with Crippen molar-refractivity contribution in [2.45, 2.75) is 0 Å². The standard InChI is InChI=1S/C39H30N6O2/c46-35-25-21-33(22-26-35)44(31-17-9-3-10-18-31)38-40-37(43(29-13-5-1-6-14-29)30-15-7-2-8-16-30)41-39(42-38)45(32-19-11-4-12-20-32)34-23-27-36(47)28-24-34/h1-28,46-47H. The van der Waals surface area contributed by atoms with Crippen LogP contribution >= 0.6 is 0 Å². The summed E-state index contributed by atoms with van der Waals surface area (Å²) < 4.78 is 0. The summed E-state index contributed by atoms with van der Waals surface area (Å²) in [5, 5.41) is 20.3. The van der Waals surface area contributed by atoms with Crippen molar-refractivity contribution in [3.63, 3.8) is 0 Å². The molecular formula is C39H30N6O2. The highest BCUT2D eigenvalue weighted by Crippen LogP contribution is 2.40. The van der Waals surface area contributed by atoms with E-state index in [0.29, 0.717) is 17.8 Å². The molecule has 47 heavy (non-hydrogen) atoms. The monoisotopic (exact) mass is 614 g/mol. The van der Waals surface area contributed by atoms with E-state index in [1.54, 1.807) is 24.3 Å². The molecule has 7 aromatic rings. The van der Waals surface area contributed by atoms with Crippen molar-refractivity contribution in [3.8, 4) is 11.5 Å². The van der Waals surface area contributed by atoms with Gasteiger partial charge in [0.15, 0.2) is 0 Å². The van der Waals surface area contributed by atoms with Gasteiger partial charge in [-0.05, 0) is 97.1 Å². The summed E-state index contributed by atoms with van der Waals surface area (Å²) in [4.78, 5) is 21.3. The summed E-state index contributed by atoms with van der Waals surface area (Å²) in [7, 11) is 0. The van der Waals surface area contributed by atoms with Crippen molar-refractivity contribution < 1.29 is 10.2 Å². The van der Waals surface area contributed by atoms with Crippen molar-refractivity contribution in [1.82, 2.24) is 15.0 Å². The number of rotatable bonds is 9. The fourth-order valence-corrected chi connectivity index (χ4v) is 5.30. The number of phenols is 2. The predicted molar refractivity (Wildman–Crippen MR) is 187 cm³/mol. The third-order valence-corrected chi connectivity index (χ3v) is 7.47. The molecule has 0 saturated heterocycles. The maximum atomic E-state index is 10.1. The topological polar surface area (TPSA) is 88.9 Å². The zero-order valence-corrected chi connectivity index (χ0v) is 25.2. The number of aromatic nitrogens is 3. The van der Waals surface area contributed by atoms with E-state index in [1.807, 2.05) is 160 Å². The van der Waals surface area contributed by atoms with Gasteiger partial charge in [-0.3, -0.25) is 14.7 Å². The van der Waals surface area contributed by atoms with E-state index < -0.39 is 0 Å². The Morgan fingerprint density at radius 3 is 0.723 bits per heavy atom. The van der Waals surface area contributed by atoms with Gasteiger partial charge >= 0.3 is 0 Å². The molecule has 8 heteroatoms. The molecule has 7 rings (SSSR count). The summed E-state index contributed by atoms with van der Waals surface area (Å²) in [5.74, 6) is 1.42. The fraction of sp³-hybridized carbons (Fsp3) is 0. The number of benzene rings is 6. The van der Waals surface area contributed by atoms with Crippen LogP contribution in [0, 0.1) is 0 Å². The highest BCUT2D eigenvalue weighted by molar-refractivity contribution is 5.80. The molecule has 0 saturated carbocycles. The second kappa shape index (κ2) is 13.1. The zero-order valence-electron chi connectivity index (χ0n) is 25.2. The largest absolute Gasteiger partial charge is 0.508 e. The van der Waals surface area contributed by atoms with Crippen LogP contribution in [0.25, 0.3) is 0 Å². The van der Waals surface area contributed by atoms with Crippen LogP contribution in [0.4, 0.5) is 52.0 Å². The van der Waals surface area contributed by atoms with Gasteiger partial charge in [-0.2, -0.15) is 15.0 Å². The average molecular weight is 615 g/mol. The van der Waals surface area contributed by atoms with Crippen LogP contribution in [0.2, 0.25) is 0 Å². The number of anilines is 9. The number of hydrogen-bond donors (Lipinski definition) is 2. The van der Waals surface area contributed by atoms with E-state index in [0.717, 1.165) is 34.1 Å². The van der Waals surface area contributed by atoms with Gasteiger partial charge in [0, 0.05) is 34.1 Å². The molecule has 0 spiro atoms. The molecule has 228 valence electrons. The van der Waals surface area contributed by atoms with Crippen molar-refractivity contribution in [2.24, 2.45) is 0 Å². The highest BCUT2D eigenvalue weighted by Gasteiger charge is 2.25. The summed E-state index contributed by atoms with van der Waals surface area (Å²) in [6.07, 6.45) is 0. The quantitative estimate of drug-likeness (QED) is 0.166. The Morgan fingerprint density at radius 2 is 0.489 bits per heavy atom.